The van der Waals surface area contributed by atoms with Crippen molar-refractivity contribution >= 4 is 28.4 Å². The molecule has 0 bridgehead atoms. The van der Waals surface area contributed by atoms with Crippen LogP contribution >= 0.6 is 0 Å². The number of nitrogens with zero attached hydrogens (tertiary/aromatic N) is 8. The molecule has 1 fully saturated rings. The van der Waals surface area contributed by atoms with Gasteiger partial charge in [0.15, 0.2) is 0 Å². The molecule has 0 atom stereocenters. The quantitative estimate of drug-likeness (QED) is 0.512. The number of pyridine rings is 3. The van der Waals surface area contributed by atoms with E-state index in [9.17, 15) is 4.79 Å². The molecule has 10 heteroatoms. The molecule has 0 spiro atoms. The number of nitrogens with one attached hydrogen (secondary N) is 1. The van der Waals surface area contributed by atoms with Gasteiger partial charge in [-0.3, -0.25) is 9.48 Å². The fraction of sp³-hybridized carbons (Fsp3) is 0.273. The minimum atomic E-state index is -0.240. The highest BCUT2D eigenvalue weighted by Gasteiger charge is 2.29. The van der Waals surface area contributed by atoms with Crippen molar-refractivity contribution in [3.63, 3.8) is 0 Å². The number of carbonyl (C=O) groups is 1. The molecule has 5 heterocycles. The van der Waals surface area contributed by atoms with Crippen LogP contribution in [0.5, 0.6) is 0 Å². The van der Waals surface area contributed by atoms with Crippen molar-refractivity contribution in [2.75, 3.05) is 37.4 Å². The van der Waals surface area contributed by atoms with E-state index in [1.54, 1.807) is 35.4 Å². The molecule has 0 radical (unpaired) electrons. The number of hydrogen-bond donors (Lipinski definition) is 1. The molecule has 1 aliphatic rings. The SMILES string of the molecule is CN(C)C1CN(c2cc(C(=O)Nc3cc4nc(-c5cn(C)nn5)ccc4cn3)ccn2)C1. The number of fused-ring (bicyclic) bond motifs is 1. The van der Waals surface area contributed by atoms with Gasteiger partial charge in [-0.15, -0.1) is 5.10 Å². The molecule has 1 saturated heterocycles. The summed E-state index contributed by atoms with van der Waals surface area (Å²) in [4.78, 5) is 30.6. The third kappa shape index (κ3) is 3.87. The highest BCUT2D eigenvalue weighted by Crippen LogP contribution is 2.23. The second-order valence-corrected chi connectivity index (χ2v) is 8.12. The third-order valence-electron chi connectivity index (χ3n) is 5.60. The molecular weight excluding hydrogens is 406 g/mol. The van der Waals surface area contributed by atoms with Crippen LogP contribution in [0, 0.1) is 0 Å². The molecule has 10 nitrogen and oxygen atoms in total. The van der Waals surface area contributed by atoms with E-state index in [0.717, 1.165) is 24.3 Å². The number of hydrogen-bond acceptors (Lipinski definition) is 8. The fourth-order valence-electron chi connectivity index (χ4n) is 3.58. The van der Waals surface area contributed by atoms with Crippen molar-refractivity contribution in [2.45, 2.75) is 6.04 Å². The van der Waals surface area contributed by atoms with Gasteiger partial charge >= 0.3 is 0 Å². The van der Waals surface area contributed by atoms with Gasteiger partial charge < -0.3 is 15.1 Å². The van der Waals surface area contributed by atoms with Gasteiger partial charge in [0.2, 0.25) is 0 Å². The average molecular weight is 429 g/mol. The van der Waals surface area contributed by atoms with Crippen molar-refractivity contribution < 1.29 is 4.79 Å². The molecule has 1 amide bonds. The Bertz CT molecular complexity index is 1290. The van der Waals surface area contributed by atoms with E-state index < -0.39 is 0 Å². The van der Waals surface area contributed by atoms with Crippen molar-refractivity contribution in [1.82, 2.24) is 34.8 Å². The lowest BCUT2D eigenvalue weighted by Crippen LogP contribution is -2.57. The lowest BCUT2D eigenvalue weighted by molar-refractivity contribution is 0.102. The van der Waals surface area contributed by atoms with E-state index in [4.69, 9.17) is 0 Å². The zero-order valence-electron chi connectivity index (χ0n) is 18.1. The summed E-state index contributed by atoms with van der Waals surface area (Å²) in [5.74, 6) is 0.994. The summed E-state index contributed by atoms with van der Waals surface area (Å²) >= 11 is 0. The highest BCUT2D eigenvalue weighted by molar-refractivity contribution is 6.04. The Kier molecular flexibility index (Phi) is 4.98. The number of anilines is 2. The molecule has 1 aliphatic heterocycles. The first-order valence-electron chi connectivity index (χ1n) is 10.3. The first kappa shape index (κ1) is 20.0. The lowest BCUT2D eigenvalue weighted by atomic mass is 10.1. The Morgan fingerprint density at radius 2 is 1.97 bits per heavy atom. The molecule has 1 N–H and O–H groups in total. The summed E-state index contributed by atoms with van der Waals surface area (Å²) in [5, 5.41) is 11.8. The average Bonchev–Trinajstić information content (AvgIpc) is 3.18. The van der Waals surface area contributed by atoms with Gasteiger partial charge in [0.05, 0.1) is 17.4 Å². The van der Waals surface area contributed by atoms with Crippen LogP contribution in [-0.4, -0.2) is 74.0 Å². The number of aromatic nitrogens is 6. The van der Waals surface area contributed by atoms with Crippen molar-refractivity contribution in [3.8, 4) is 11.4 Å². The zero-order valence-corrected chi connectivity index (χ0v) is 18.1. The van der Waals surface area contributed by atoms with Crippen LogP contribution in [0.4, 0.5) is 11.6 Å². The van der Waals surface area contributed by atoms with Crippen LogP contribution in [-0.2, 0) is 7.05 Å². The molecular formula is C22H23N9O. The summed E-state index contributed by atoms with van der Waals surface area (Å²) in [6.07, 6.45) is 5.16. The Morgan fingerprint density at radius 3 is 2.72 bits per heavy atom. The second kappa shape index (κ2) is 7.97. The molecule has 4 aromatic rings. The van der Waals surface area contributed by atoms with E-state index in [0.29, 0.717) is 34.3 Å². The Balaban J connectivity index is 1.34. The van der Waals surface area contributed by atoms with Crippen LogP contribution in [0.1, 0.15) is 10.4 Å². The predicted molar refractivity (Wildman–Crippen MR) is 121 cm³/mol. The van der Waals surface area contributed by atoms with Gasteiger partial charge in [0.25, 0.3) is 5.91 Å². The highest BCUT2D eigenvalue weighted by atomic mass is 16.1. The summed E-state index contributed by atoms with van der Waals surface area (Å²) < 4.78 is 1.63. The maximum atomic E-state index is 12.8. The molecule has 162 valence electrons. The van der Waals surface area contributed by atoms with Crippen molar-refractivity contribution in [2.24, 2.45) is 7.05 Å². The number of aryl methyl sites for hydroxylation is 1. The summed E-state index contributed by atoms with van der Waals surface area (Å²) in [5.41, 5.74) is 2.64. The van der Waals surface area contributed by atoms with Gasteiger partial charge in [0, 0.05) is 55.6 Å². The maximum absolute atomic E-state index is 12.8. The second-order valence-electron chi connectivity index (χ2n) is 8.12. The van der Waals surface area contributed by atoms with E-state index in [-0.39, 0.29) is 5.91 Å². The molecule has 0 aromatic carbocycles. The zero-order chi connectivity index (χ0) is 22.2. The number of carbonyl (C=O) groups excluding carboxylic acids is 1. The van der Waals surface area contributed by atoms with Crippen LogP contribution < -0.4 is 10.2 Å². The largest absolute Gasteiger partial charge is 0.353 e. The third-order valence-corrected chi connectivity index (χ3v) is 5.60. The fourth-order valence-corrected chi connectivity index (χ4v) is 3.58. The number of likely N-dealkylation sites (N-methyl/N-ethyl adjacent to an activating group) is 1. The van der Waals surface area contributed by atoms with Gasteiger partial charge in [-0.25, -0.2) is 15.0 Å². The Morgan fingerprint density at radius 1 is 1.12 bits per heavy atom. The summed E-state index contributed by atoms with van der Waals surface area (Å²) in [7, 11) is 5.95. The van der Waals surface area contributed by atoms with Crippen LogP contribution in [0.2, 0.25) is 0 Å². The smallest absolute Gasteiger partial charge is 0.257 e. The van der Waals surface area contributed by atoms with E-state index in [1.165, 1.54) is 0 Å². The minimum absolute atomic E-state index is 0.240. The molecule has 5 rings (SSSR count). The molecule has 0 saturated carbocycles. The van der Waals surface area contributed by atoms with E-state index in [1.807, 2.05) is 25.2 Å². The normalized spacial score (nSPS) is 14.1. The van der Waals surface area contributed by atoms with Crippen LogP contribution in [0.15, 0.2) is 48.9 Å². The first-order chi connectivity index (χ1) is 15.5. The topological polar surface area (TPSA) is 105 Å². The molecule has 32 heavy (non-hydrogen) atoms. The van der Waals surface area contributed by atoms with Crippen molar-refractivity contribution in [1.29, 1.82) is 0 Å². The Hall–Kier alpha value is -3.92. The Labute approximate surface area is 184 Å². The van der Waals surface area contributed by atoms with Crippen molar-refractivity contribution in [3.05, 3.63) is 54.5 Å². The van der Waals surface area contributed by atoms with Crippen LogP contribution in [0.25, 0.3) is 22.3 Å². The minimum Gasteiger partial charge on any atom is -0.353 e. The summed E-state index contributed by atoms with van der Waals surface area (Å²) in [6, 6.07) is 9.58. The van der Waals surface area contributed by atoms with Crippen LogP contribution in [0.3, 0.4) is 0 Å². The van der Waals surface area contributed by atoms with Gasteiger partial charge in [-0.2, -0.15) is 0 Å². The first-order valence-corrected chi connectivity index (χ1v) is 10.3. The molecule has 4 aromatic heterocycles. The maximum Gasteiger partial charge on any atom is 0.257 e. The lowest BCUT2D eigenvalue weighted by Gasteiger charge is -2.43. The number of rotatable bonds is 5. The predicted octanol–water partition coefficient (Wildman–Crippen LogP) is 1.82. The molecule has 0 aliphatic carbocycles. The summed E-state index contributed by atoms with van der Waals surface area (Å²) in [6.45, 7) is 1.80. The molecule has 0 unspecified atom stereocenters. The standard InChI is InChI=1S/C22H23N9O/c1-29(2)16-11-31(12-16)21-8-14(6-7-23-21)22(32)26-20-9-18-15(10-24-20)4-5-17(25-18)19-13-30(3)28-27-19/h4-10,13,16H,11-12H2,1-3H3,(H,24,26,32). The monoisotopic (exact) mass is 429 g/mol. The van der Waals surface area contributed by atoms with Gasteiger partial charge in [-0.1, -0.05) is 5.21 Å². The number of amides is 1. The van der Waals surface area contributed by atoms with E-state index in [2.05, 4.69) is 54.5 Å². The van der Waals surface area contributed by atoms with E-state index >= 15 is 0 Å². The van der Waals surface area contributed by atoms with Gasteiger partial charge in [-0.05, 0) is 38.4 Å². The van der Waals surface area contributed by atoms with Gasteiger partial charge in [0.1, 0.15) is 17.3 Å².